The minimum Gasteiger partial charge on any atom is -0.465 e. The predicted octanol–water partition coefficient (Wildman–Crippen LogP) is 1.57. The van der Waals surface area contributed by atoms with E-state index in [0.717, 1.165) is 5.69 Å². The van der Waals surface area contributed by atoms with E-state index in [4.69, 9.17) is 4.74 Å². The van der Waals surface area contributed by atoms with Gasteiger partial charge in [-0.05, 0) is 18.9 Å². The molecule has 0 saturated carbocycles. The molecule has 1 rings (SSSR count). The summed E-state index contributed by atoms with van der Waals surface area (Å²) in [5, 5.41) is 4.25. The first kappa shape index (κ1) is 10.8. The maximum atomic E-state index is 11.1. The van der Waals surface area contributed by atoms with Gasteiger partial charge in [0, 0.05) is 6.20 Å². The summed E-state index contributed by atoms with van der Waals surface area (Å²) in [4.78, 5) is 11.1. The highest BCUT2D eigenvalue weighted by Gasteiger charge is 2.06. The van der Waals surface area contributed by atoms with Gasteiger partial charge in [0.05, 0.1) is 12.3 Å². The molecule has 78 valence electrons. The Bertz CT molecular complexity index is 305. The second-order valence-corrected chi connectivity index (χ2v) is 3.40. The average molecular weight is 196 g/mol. The number of hydrogen-bond donors (Lipinski definition) is 0. The quantitative estimate of drug-likeness (QED) is 0.686. The molecular formula is C10H16N2O2. The molecule has 4 nitrogen and oxygen atoms in total. The maximum Gasteiger partial charge on any atom is 0.327 e. The summed E-state index contributed by atoms with van der Waals surface area (Å²) in [5.41, 5.74) is 0.995. The number of carbonyl (C=O) groups is 1. The highest BCUT2D eigenvalue weighted by molar-refractivity contribution is 5.68. The largest absolute Gasteiger partial charge is 0.465 e. The van der Waals surface area contributed by atoms with E-state index in [-0.39, 0.29) is 12.5 Å². The first-order chi connectivity index (χ1) is 6.63. The molecule has 0 aliphatic carbocycles. The van der Waals surface area contributed by atoms with Crippen LogP contribution < -0.4 is 0 Å². The number of hydrogen-bond acceptors (Lipinski definition) is 3. The highest BCUT2D eigenvalue weighted by atomic mass is 16.5. The summed E-state index contributed by atoms with van der Waals surface area (Å²) in [6, 6.07) is 1.92. The fraction of sp³-hybridized carbons (Fsp3) is 0.600. The van der Waals surface area contributed by atoms with Crippen molar-refractivity contribution in [2.75, 3.05) is 6.61 Å². The Morgan fingerprint density at radius 1 is 1.64 bits per heavy atom. The van der Waals surface area contributed by atoms with Crippen LogP contribution in [0.15, 0.2) is 12.3 Å². The second-order valence-electron chi connectivity index (χ2n) is 3.40. The van der Waals surface area contributed by atoms with Crippen LogP contribution in [0.3, 0.4) is 0 Å². The zero-order chi connectivity index (χ0) is 10.6. The summed E-state index contributed by atoms with van der Waals surface area (Å²) in [6.45, 7) is 6.53. The smallest absolute Gasteiger partial charge is 0.327 e. The van der Waals surface area contributed by atoms with E-state index in [1.54, 1.807) is 17.8 Å². The molecule has 1 aromatic rings. The van der Waals surface area contributed by atoms with Crippen molar-refractivity contribution < 1.29 is 9.53 Å². The zero-order valence-corrected chi connectivity index (χ0v) is 8.86. The van der Waals surface area contributed by atoms with E-state index in [2.05, 4.69) is 18.9 Å². The second kappa shape index (κ2) is 4.79. The van der Waals surface area contributed by atoms with Gasteiger partial charge >= 0.3 is 5.97 Å². The molecule has 1 heterocycles. The Morgan fingerprint density at radius 3 is 2.86 bits per heavy atom. The molecule has 14 heavy (non-hydrogen) atoms. The molecule has 0 aliphatic heterocycles. The standard InChI is InChI=1S/C10H16N2O2/c1-4-14-10(13)7-12-6-5-9(11-12)8(2)3/h5-6,8H,4,7H2,1-3H3. The van der Waals surface area contributed by atoms with Crippen LogP contribution in [0.1, 0.15) is 32.4 Å². The molecule has 0 aromatic carbocycles. The Morgan fingerprint density at radius 2 is 2.36 bits per heavy atom. The van der Waals surface area contributed by atoms with E-state index in [1.807, 2.05) is 6.07 Å². The SMILES string of the molecule is CCOC(=O)Cn1ccc(C(C)C)n1. The van der Waals surface area contributed by atoms with Crippen LogP contribution in [0.5, 0.6) is 0 Å². The van der Waals surface area contributed by atoms with Crippen molar-refractivity contribution in [3.05, 3.63) is 18.0 Å². The Labute approximate surface area is 83.9 Å². The average Bonchev–Trinajstić information content (AvgIpc) is 2.53. The number of ether oxygens (including phenoxy) is 1. The lowest BCUT2D eigenvalue weighted by Crippen LogP contribution is -2.14. The molecule has 0 amide bonds. The van der Waals surface area contributed by atoms with Gasteiger partial charge in [0.25, 0.3) is 0 Å². The van der Waals surface area contributed by atoms with Gasteiger partial charge < -0.3 is 4.74 Å². The Hall–Kier alpha value is -1.32. The van der Waals surface area contributed by atoms with Gasteiger partial charge in [-0.25, -0.2) is 0 Å². The number of carbonyl (C=O) groups excluding carboxylic acids is 1. The predicted molar refractivity (Wildman–Crippen MR) is 52.9 cm³/mol. The van der Waals surface area contributed by atoms with Crippen LogP contribution >= 0.6 is 0 Å². The number of esters is 1. The van der Waals surface area contributed by atoms with Crippen molar-refractivity contribution in [3.63, 3.8) is 0 Å². The topological polar surface area (TPSA) is 44.1 Å². The van der Waals surface area contributed by atoms with Crippen LogP contribution in [-0.2, 0) is 16.1 Å². The van der Waals surface area contributed by atoms with Gasteiger partial charge in [0.15, 0.2) is 0 Å². The molecule has 0 saturated heterocycles. The van der Waals surface area contributed by atoms with Crippen molar-refractivity contribution in [3.8, 4) is 0 Å². The molecule has 0 bridgehead atoms. The van der Waals surface area contributed by atoms with Gasteiger partial charge in [-0.1, -0.05) is 13.8 Å². The summed E-state index contributed by atoms with van der Waals surface area (Å²) in [6.07, 6.45) is 1.80. The van der Waals surface area contributed by atoms with E-state index in [0.29, 0.717) is 12.5 Å². The van der Waals surface area contributed by atoms with Crippen LogP contribution in [0.2, 0.25) is 0 Å². The van der Waals surface area contributed by atoms with Crippen LogP contribution in [-0.4, -0.2) is 22.4 Å². The third kappa shape index (κ3) is 2.87. The monoisotopic (exact) mass is 196 g/mol. The molecule has 1 aromatic heterocycles. The van der Waals surface area contributed by atoms with Crippen molar-refractivity contribution in [1.29, 1.82) is 0 Å². The van der Waals surface area contributed by atoms with Crippen LogP contribution in [0.4, 0.5) is 0 Å². The van der Waals surface area contributed by atoms with Crippen molar-refractivity contribution in [2.24, 2.45) is 0 Å². The van der Waals surface area contributed by atoms with Gasteiger partial charge in [0.2, 0.25) is 0 Å². The first-order valence-corrected chi connectivity index (χ1v) is 4.82. The molecule has 0 spiro atoms. The van der Waals surface area contributed by atoms with Crippen molar-refractivity contribution in [1.82, 2.24) is 9.78 Å². The van der Waals surface area contributed by atoms with Gasteiger partial charge in [-0.2, -0.15) is 5.10 Å². The zero-order valence-electron chi connectivity index (χ0n) is 8.86. The molecular weight excluding hydrogens is 180 g/mol. The molecule has 0 unspecified atom stereocenters. The summed E-state index contributed by atoms with van der Waals surface area (Å²) < 4.78 is 6.42. The van der Waals surface area contributed by atoms with Crippen molar-refractivity contribution in [2.45, 2.75) is 33.2 Å². The first-order valence-electron chi connectivity index (χ1n) is 4.82. The molecule has 0 fully saturated rings. The molecule has 0 atom stereocenters. The minimum atomic E-state index is -0.245. The number of rotatable bonds is 4. The minimum absolute atomic E-state index is 0.195. The molecule has 4 heteroatoms. The maximum absolute atomic E-state index is 11.1. The lowest BCUT2D eigenvalue weighted by molar-refractivity contribution is -0.144. The molecule has 0 aliphatic rings. The Kier molecular flexibility index (Phi) is 3.68. The summed E-state index contributed by atoms with van der Waals surface area (Å²) in [7, 11) is 0. The van der Waals surface area contributed by atoms with Crippen molar-refractivity contribution >= 4 is 5.97 Å². The third-order valence-electron chi connectivity index (χ3n) is 1.85. The van der Waals surface area contributed by atoms with Gasteiger partial charge in [-0.15, -0.1) is 0 Å². The van der Waals surface area contributed by atoms with E-state index < -0.39 is 0 Å². The fourth-order valence-corrected chi connectivity index (χ4v) is 1.11. The van der Waals surface area contributed by atoms with E-state index in [1.165, 1.54) is 0 Å². The van der Waals surface area contributed by atoms with Gasteiger partial charge in [0.1, 0.15) is 6.54 Å². The number of nitrogens with zero attached hydrogens (tertiary/aromatic N) is 2. The van der Waals surface area contributed by atoms with Gasteiger partial charge in [-0.3, -0.25) is 9.48 Å². The Balaban J connectivity index is 2.55. The van der Waals surface area contributed by atoms with E-state index in [9.17, 15) is 4.79 Å². The molecule has 0 radical (unpaired) electrons. The summed E-state index contributed by atoms with van der Waals surface area (Å²) >= 11 is 0. The summed E-state index contributed by atoms with van der Waals surface area (Å²) in [5.74, 6) is 0.143. The molecule has 0 N–H and O–H groups in total. The lowest BCUT2D eigenvalue weighted by atomic mass is 10.1. The fourth-order valence-electron chi connectivity index (χ4n) is 1.11. The third-order valence-corrected chi connectivity index (χ3v) is 1.85. The highest BCUT2D eigenvalue weighted by Crippen LogP contribution is 2.10. The van der Waals surface area contributed by atoms with Crippen LogP contribution in [0.25, 0.3) is 0 Å². The number of aromatic nitrogens is 2. The van der Waals surface area contributed by atoms with E-state index >= 15 is 0 Å². The normalized spacial score (nSPS) is 10.6. The van der Waals surface area contributed by atoms with Crippen LogP contribution in [0, 0.1) is 0 Å². The lowest BCUT2D eigenvalue weighted by Gasteiger charge is -2.02.